The molecule has 2 rings (SSSR count). The molecule has 0 amide bonds. The fourth-order valence-electron chi connectivity index (χ4n) is 1.97. The van der Waals surface area contributed by atoms with E-state index in [1.165, 1.54) is 0 Å². The maximum atomic E-state index is 4.19. The smallest absolute Gasteiger partial charge is 0.0946 e. The standard InChI is InChI=1S/C13H21N5/c1-2-13(11-17-10-7-14-12-17)15-5-3-8-18-9-4-6-16-18/h4,6-7,9-10,12-13,15H,2-3,5,8,11H2,1H3. The van der Waals surface area contributed by atoms with Crippen molar-refractivity contribution in [2.45, 2.75) is 38.9 Å². The minimum Gasteiger partial charge on any atom is -0.336 e. The van der Waals surface area contributed by atoms with Gasteiger partial charge in [-0.1, -0.05) is 6.92 Å². The summed E-state index contributed by atoms with van der Waals surface area (Å²) in [4.78, 5) is 4.06. The first-order valence-electron chi connectivity index (χ1n) is 6.55. The van der Waals surface area contributed by atoms with E-state index in [9.17, 15) is 0 Å². The molecule has 2 aromatic heterocycles. The van der Waals surface area contributed by atoms with Crippen LogP contribution in [0.4, 0.5) is 0 Å². The summed E-state index contributed by atoms with van der Waals surface area (Å²) in [6, 6.07) is 2.47. The second-order valence-electron chi connectivity index (χ2n) is 4.44. The van der Waals surface area contributed by atoms with Gasteiger partial charge in [0.1, 0.15) is 0 Å². The molecular weight excluding hydrogens is 226 g/mol. The van der Waals surface area contributed by atoms with Crippen molar-refractivity contribution in [1.82, 2.24) is 24.6 Å². The van der Waals surface area contributed by atoms with E-state index in [1.54, 1.807) is 0 Å². The number of rotatable bonds is 8. The van der Waals surface area contributed by atoms with Crippen LogP contribution in [-0.4, -0.2) is 31.9 Å². The van der Waals surface area contributed by atoms with Crippen LogP contribution >= 0.6 is 0 Å². The molecule has 1 N–H and O–H groups in total. The number of aryl methyl sites for hydroxylation is 1. The summed E-state index contributed by atoms with van der Waals surface area (Å²) in [7, 11) is 0. The van der Waals surface area contributed by atoms with Crippen LogP contribution in [0.1, 0.15) is 19.8 Å². The summed E-state index contributed by atoms with van der Waals surface area (Å²) in [6.07, 6.45) is 11.7. The van der Waals surface area contributed by atoms with Crippen LogP contribution in [0.5, 0.6) is 0 Å². The highest BCUT2D eigenvalue weighted by molar-refractivity contribution is 4.79. The Hall–Kier alpha value is -1.62. The Balaban J connectivity index is 1.64. The van der Waals surface area contributed by atoms with Gasteiger partial charge >= 0.3 is 0 Å². The van der Waals surface area contributed by atoms with Crippen molar-refractivity contribution in [3.8, 4) is 0 Å². The molecule has 0 bridgehead atoms. The van der Waals surface area contributed by atoms with Crippen molar-refractivity contribution >= 4 is 0 Å². The summed E-state index contributed by atoms with van der Waals surface area (Å²) < 4.78 is 4.09. The molecule has 5 nitrogen and oxygen atoms in total. The summed E-state index contributed by atoms with van der Waals surface area (Å²) in [5, 5.41) is 7.77. The number of nitrogens with one attached hydrogen (secondary N) is 1. The van der Waals surface area contributed by atoms with Crippen LogP contribution in [-0.2, 0) is 13.1 Å². The molecule has 5 heteroatoms. The molecular formula is C13H21N5. The van der Waals surface area contributed by atoms with Gasteiger partial charge in [-0.25, -0.2) is 4.98 Å². The molecule has 0 fully saturated rings. The maximum Gasteiger partial charge on any atom is 0.0946 e. The van der Waals surface area contributed by atoms with Gasteiger partial charge in [-0.15, -0.1) is 0 Å². The molecule has 0 spiro atoms. The van der Waals surface area contributed by atoms with Crippen LogP contribution in [0.3, 0.4) is 0 Å². The number of aromatic nitrogens is 4. The first-order valence-corrected chi connectivity index (χ1v) is 6.55. The number of hydrogen-bond donors (Lipinski definition) is 1. The van der Waals surface area contributed by atoms with Crippen LogP contribution in [0.15, 0.2) is 37.2 Å². The molecule has 2 aromatic rings. The highest BCUT2D eigenvalue weighted by atomic mass is 15.3. The van der Waals surface area contributed by atoms with Crippen LogP contribution in [0.25, 0.3) is 0 Å². The molecule has 98 valence electrons. The van der Waals surface area contributed by atoms with Gasteiger partial charge in [0.15, 0.2) is 0 Å². The van der Waals surface area contributed by atoms with Crippen molar-refractivity contribution in [2.75, 3.05) is 6.54 Å². The first-order chi connectivity index (χ1) is 8.88. The van der Waals surface area contributed by atoms with Gasteiger partial charge in [-0.05, 0) is 25.5 Å². The van der Waals surface area contributed by atoms with E-state index in [1.807, 2.05) is 41.9 Å². The maximum absolute atomic E-state index is 4.19. The molecule has 0 radical (unpaired) electrons. The van der Waals surface area contributed by atoms with Crippen molar-refractivity contribution in [3.05, 3.63) is 37.2 Å². The largest absolute Gasteiger partial charge is 0.336 e. The van der Waals surface area contributed by atoms with Gasteiger partial charge in [0.25, 0.3) is 0 Å². The van der Waals surface area contributed by atoms with Gasteiger partial charge in [0.05, 0.1) is 6.33 Å². The molecule has 2 heterocycles. The zero-order valence-corrected chi connectivity index (χ0v) is 10.9. The van der Waals surface area contributed by atoms with Gasteiger partial charge < -0.3 is 9.88 Å². The van der Waals surface area contributed by atoms with E-state index in [0.29, 0.717) is 6.04 Å². The topological polar surface area (TPSA) is 47.7 Å². The van der Waals surface area contributed by atoms with Crippen molar-refractivity contribution in [3.63, 3.8) is 0 Å². The Kier molecular flexibility index (Phi) is 4.96. The van der Waals surface area contributed by atoms with E-state index < -0.39 is 0 Å². The van der Waals surface area contributed by atoms with E-state index in [-0.39, 0.29) is 0 Å². The lowest BCUT2D eigenvalue weighted by Gasteiger charge is -2.17. The Morgan fingerprint density at radius 2 is 2.22 bits per heavy atom. The average molecular weight is 247 g/mol. The monoisotopic (exact) mass is 247 g/mol. The highest BCUT2D eigenvalue weighted by Gasteiger charge is 2.05. The first kappa shape index (κ1) is 12.8. The molecule has 0 aliphatic rings. The Morgan fingerprint density at radius 3 is 2.89 bits per heavy atom. The highest BCUT2D eigenvalue weighted by Crippen LogP contribution is 1.97. The zero-order chi connectivity index (χ0) is 12.6. The minimum absolute atomic E-state index is 0.511. The molecule has 18 heavy (non-hydrogen) atoms. The van der Waals surface area contributed by atoms with Gasteiger partial charge in [-0.2, -0.15) is 5.10 Å². The molecule has 0 aliphatic carbocycles. The van der Waals surface area contributed by atoms with E-state index in [4.69, 9.17) is 0 Å². The van der Waals surface area contributed by atoms with E-state index >= 15 is 0 Å². The third kappa shape index (κ3) is 4.00. The summed E-state index contributed by atoms with van der Waals surface area (Å²) in [5.74, 6) is 0. The van der Waals surface area contributed by atoms with Crippen LogP contribution in [0.2, 0.25) is 0 Å². The second-order valence-corrected chi connectivity index (χ2v) is 4.44. The predicted octanol–water partition coefficient (Wildman–Crippen LogP) is 1.54. The van der Waals surface area contributed by atoms with Gasteiger partial charge in [-0.3, -0.25) is 4.68 Å². The average Bonchev–Trinajstić information content (AvgIpc) is 3.06. The minimum atomic E-state index is 0.511. The van der Waals surface area contributed by atoms with E-state index in [0.717, 1.165) is 32.5 Å². The second kappa shape index (κ2) is 6.96. The molecule has 0 aromatic carbocycles. The lowest BCUT2D eigenvalue weighted by Crippen LogP contribution is -2.33. The fourth-order valence-corrected chi connectivity index (χ4v) is 1.97. The van der Waals surface area contributed by atoms with Crippen molar-refractivity contribution in [2.24, 2.45) is 0 Å². The molecule has 1 atom stereocenters. The summed E-state index contributed by atoms with van der Waals surface area (Å²) >= 11 is 0. The fraction of sp³-hybridized carbons (Fsp3) is 0.538. The number of imidazole rings is 1. The third-order valence-corrected chi connectivity index (χ3v) is 3.04. The predicted molar refractivity (Wildman–Crippen MR) is 71.2 cm³/mol. The van der Waals surface area contributed by atoms with Crippen LogP contribution in [0, 0.1) is 0 Å². The van der Waals surface area contributed by atoms with Gasteiger partial charge in [0.2, 0.25) is 0 Å². The molecule has 0 aliphatic heterocycles. The Bertz CT molecular complexity index is 407. The van der Waals surface area contributed by atoms with Crippen molar-refractivity contribution in [1.29, 1.82) is 0 Å². The number of nitrogens with zero attached hydrogens (tertiary/aromatic N) is 4. The van der Waals surface area contributed by atoms with Crippen molar-refractivity contribution < 1.29 is 0 Å². The summed E-state index contributed by atoms with van der Waals surface area (Å²) in [6.45, 7) is 5.19. The normalized spacial score (nSPS) is 12.7. The lowest BCUT2D eigenvalue weighted by atomic mass is 10.2. The summed E-state index contributed by atoms with van der Waals surface area (Å²) in [5.41, 5.74) is 0. The Labute approximate surface area is 108 Å². The zero-order valence-electron chi connectivity index (χ0n) is 10.9. The Morgan fingerprint density at radius 1 is 1.28 bits per heavy atom. The van der Waals surface area contributed by atoms with Crippen LogP contribution < -0.4 is 5.32 Å². The van der Waals surface area contributed by atoms with Gasteiger partial charge in [0, 0.05) is 43.9 Å². The molecule has 0 saturated carbocycles. The number of hydrogen-bond acceptors (Lipinski definition) is 3. The quantitative estimate of drug-likeness (QED) is 0.720. The van der Waals surface area contributed by atoms with E-state index in [2.05, 4.69) is 26.9 Å². The molecule has 1 unspecified atom stereocenters. The third-order valence-electron chi connectivity index (χ3n) is 3.04. The lowest BCUT2D eigenvalue weighted by molar-refractivity contribution is 0.421. The molecule has 0 saturated heterocycles. The SMILES string of the molecule is CCC(Cn1ccnc1)NCCCn1cccn1.